The highest BCUT2D eigenvalue weighted by Gasteiger charge is 2.33. The van der Waals surface area contributed by atoms with E-state index in [1.165, 1.54) is 12.5 Å². The molecule has 20 heavy (non-hydrogen) atoms. The zero-order valence-electron chi connectivity index (χ0n) is 11.6. The van der Waals surface area contributed by atoms with Crippen LogP contribution in [0.5, 0.6) is 0 Å². The quantitative estimate of drug-likeness (QED) is 0.792. The fraction of sp³-hybridized carbons (Fsp3) is 0.600. The summed E-state index contributed by atoms with van der Waals surface area (Å²) < 4.78 is 38.4. The van der Waals surface area contributed by atoms with Crippen LogP contribution in [0.1, 0.15) is 44.6 Å². The van der Waals surface area contributed by atoms with Gasteiger partial charge >= 0.3 is 6.18 Å². The minimum absolute atomic E-state index is 0.224. The number of alkyl halides is 3. The minimum atomic E-state index is -4.40. The summed E-state index contributed by atoms with van der Waals surface area (Å²) in [5.74, 6) is 0.769. The first-order chi connectivity index (χ1) is 9.40. The van der Waals surface area contributed by atoms with Gasteiger partial charge in [0.2, 0.25) is 0 Å². The number of nitrogens with one attached hydrogen (secondary N) is 1. The van der Waals surface area contributed by atoms with E-state index in [9.17, 15) is 13.2 Å². The molecule has 0 aromatic heterocycles. The van der Waals surface area contributed by atoms with Crippen LogP contribution in [0.4, 0.5) is 24.5 Å². The van der Waals surface area contributed by atoms with Crippen molar-refractivity contribution in [2.24, 2.45) is 5.92 Å². The van der Waals surface area contributed by atoms with E-state index in [-0.39, 0.29) is 11.7 Å². The first-order valence-electron chi connectivity index (χ1n) is 7.13. The van der Waals surface area contributed by atoms with Crippen LogP contribution in [-0.4, -0.2) is 6.04 Å². The SMILES string of the molecule is CCC1CCC(Nc2ccc(N)c(C(F)(F)F)c2)CC1. The normalized spacial score (nSPS) is 23.6. The van der Waals surface area contributed by atoms with Crippen LogP contribution in [0.25, 0.3) is 0 Å². The molecule has 5 heteroatoms. The number of benzene rings is 1. The highest BCUT2D eigenvalue weighted by Crippen LogP contribution is 2.36. The van der Waals surface area contributed by atoms with Crippen LogP contribution in [0.3, 0.4) is 0 Å². The molecule has 112 valence electrons. The lowest BCUT2D eigenvalue weighted by atomic mass is 9.84. The molecule has 1 fully saturated rings. The predicted octanol–water partition coefficient (Wildman–Crippen LogP) is 4.67. The van der Waals surface area contributed by atoms with Gasteiger partial charge < -0.3 is 11.1 Å². The first-order valence-corrected chi connectivity index (χ1v) is 7.13. The van der Waals surface area contributed by atoms with E-state index in [1.807, 2.05) is 0 Å². The van der Waals surface area contributed by atoms with Crippen molar-refractivity contribution in [1.82, 2.24) is 0 Å². The van der Waals surface area contributed by atoms with E-state index in [1.54, 1.807) is 6.07 Å². The Balaban J connectivity index is 2.04. The summed E-state index contributed by atoms with van der Waals surface area (Å²) in [5.41, 5.74) is 4.92. The lowest BCUT2D eigenvalue weighted by Crippen LogP contribution is -2.26. The Hall–Kier alpha value is -1.39. The highest BCUT2D eigenvalue weighted by atomic mass is 19.4. The molecule has 0 spiro atoms. The van der Waals surface area contributed by atoms with Gasteiger partial charge in [0.15, 0.2) is 0 Å². The fourth-order valence-electron chi connectivity index (χ4n) is 2.84. The molecular formula is C15H21F3N2. The van der Waals surface area contributed by atoms with Crippen molar-refractivity contribution >= 4 is 11.4 Å². The van der Waals surface area contributed by atoms with Gasteiger partial charge in [0, 0.05) is 17.4 Å². The van der Waals surface area contributed by atoms with Crippen LogP contribution >= 0.6 is 0 Å². The van der Waals surface area contributed by atoms with Crippen LogP contribution in [-0.2, 0) is 6.18 Å². The van der Waals surface area contributed by atoms with Crippen molar-refractivity contribution in [3.63, 3.8) is 0 Å². The van der Waals surface area contributed by atoms with Crippen molar-refractivity contribution < 1.29 is 13.2 Å². The average molecular weight is 286 g/mol. The van der Waals surface area contributed by atoms with Gasteiger partial charge in [-0.15, -0.1) is 0 Å². The number of anilines is 2. The molecule has 1 saturated carbocycles. The maximum absolute atomic E-state index is 12.8. The molecule has 0 heterocycles. The Morgan fingerprint density at radius 1 is 1.20 bits per heavy atom. The second kappa shape index (κ2) is 5.94. The number of nitrogen functional groups attached to an aromatic ring is 1. The average Bonchev–Trinajstić information content (AvgIpc) is 2.40. The molecule has 1 aliphatic rings. The maximum Gasteiger partial charge on any atom is 0.418 e. The topological polar surface area (TPSA) is 38.0 Å². The van der Waals surface area contributed by atoms with Gasteiger partial charge in [0.25, 0.3) is 0 Å². The number of halogens is 3. The third-order valence-electron chi connectivity index (χ3n) is 4.15. The first kappa shape index (κ1) is 15.0. The molecule has 2 nitrogen and oxygen atoms in total. The van der Waals surface area contributed by atoms with Crippen molar-refractivity contribution in [3.8, 4) is 0 Å². The molecule has 0 saturated heterocycles. The Labute approximate surface area is 117 Å². The summed E-state index contributed by atoms with van der Waals surface area (Å²) in [4.78, 5) is 0. The van der Waals surface area contributed by atoms with E-state index < -0.39 is 11.7 Å². The molecule has 0 bridgehead atoms. The zero-order chi connectivity index (χ0) is 14.8. The molecule has 1 aromatic rings. The minimum Gasteiger partial charge on any atom is -0.398 e. The van der Waals surface area contributed by atoms with Crippen LogP contribution in [0.15, 0.2) is 18.2 Å². The summed E-state index contributed by atoms with van der Waals surface area (Å²) in [6.07, 6.45) is 1.12. The standard InChI is InChI=1S/C15H21F3N2/c1-2-10-3-5-11(6-4-10)20-12-7-8-14(19)13(9-12)15(16,17)18/h7-11,20H,2-6,19H2,1H3. The highest BCUT2D eigenvalue weighted by molar-refractivity contribution is 5.58. The van der Waals surface area contributed by atoms with Crippen LogP contribution in [0.2, 0.25) is 0 Å². The molecule has 0 atom stereocenters. The van der Waals surface area contributed by atoms with Gasteiger partial charge in [-0.2, -0.15) is 13.2 Å². The second-order valence-electron chi connectivity index (χ2n) is 5.57. The third kappa shape index (κ3) is 3.58. The number of hydrogen-bond donors (Lipinski definition) is 2. The smallest absolute Gasteiger partial charge is 0.398 e. The fourth-order valence-corrected chi connectivity index (χ4v) is 2.84. The molecule has 0 unspecified atom stereocenters. The Bertz CT molecular complexity index is 449. The van der Waals surface area contributed by atoms with E-state index >= 15 is 0 Å². The van der Waals surface area contributed by atoms with Gasteiger partial charge in [-0.3, -0.25) is 0 Å². The van der Waals surface area contributed by atoms with Gasteiger partial charge in [0.1, 0.15) is 0 Å². The summed E-state index contributed by atoms with van der Waals surface area (Å²) in [5, 5.41) is 3.21. The van der Waals surface area contributed by atoms with E-state index in [0.29, 0.717) is 5.69 Å². The van der Waals surface area contributed by atoms with E-state index in [0.717, 1.165) is 37.7 Å². The summed E-state index contributed by atoms with van der Waals surface area (Å²) in [6, 6.07) is 4.32. The summed E-state index contributed by atoms with van der Waals surface area (Å²) >= 11 is 0. The number of hydrogen-bond acceptors (Lipinski definition) is 2. The van der Waals surface area contributed by atoms with Crippen molar-refractivity contribution in [3.05, 3.63) is 23.8 Å². The summed E-state index contributed by atoms with van der Waals surface area (Å²) in [6.45, 7) is 2.19. The molecular weight excluding hydrogens is 265 g/mol. The zero-order valence-corrected chi connectivity index (χ0v) is 11.6. The Kier molecular flexibility index (Phi) is 4.45. The number of nitrogens with two attached hydrogens (primary N) is 1. The van der Waals surface area contributed by atoms with Gasteiger partial charge in [-0.05, 0) is 49.8 Å². The molecule has 1 aromatic carbocycles. The molecule has 1 aliphatic carbocycles. The van der Waals surface area contributed by atoms with Gasteiger partial charge in [0.05, 0.1) is 5.56 Å². The lowest BCUT2D eigenvalue weighted by molar-refractivity contribution is -0.136. The predicted molar refractivity (Wildman–Crippen MR) is 75.5 cm³/mol. The van der Waals surface area contributed by atoms with Crippen molar-refractivity contribution in [2.45, 2.75) is 51.2 Å². The van der Waals surface area contributed by atoms with Gasteiger partial charge in [-0.25, -0.2) is 0 Å². The maximum atomic E-state index is 12.8. The van der Waals surface area contributed by atoms with Crippen molar-refractivity contribution in [2.75, 3.05) is 11.1 Å². The molecule has 3 N–H and O–H groups in total. The monoisotopic (exact) mass is 286 g/mol. The molecule has 0 aliphatic heterocycles. The third-order valence-corrected chi connectivity index (χ3v) is 4.15. The summed E-state index contributed by atoms with van der Waals surface area (Å²) in [7, 11) is 0. The molecule has 0 radical (unpaired) electrons. The van der Waals surface area contributed by atoms with E-state index in [2.05, 4.69) is 12.2 Å². The Morgan fingerprint density at radius 2 is 1.85 bits per heavy atom. The Morgan fingerprint density at radius 3 is 2.40 bits per heavy atom. The largest absolute Gasteiger partial charge is 0.418 e. The van der Waals surface area contributed by atoms with Crippen LogP contribution in [0, 0.1) is 5.92 Å². The lowest BCUT2D eigenvalue weighted by Gasteiger charge is -2.29. The van der Waals surface area contributed by atoms with Crippen molar-refractivity contribution in [1.29, 1.82) is 0 Å². The number of rotatable bonds is 3. The molecule has 0 amide bonds. The molecule has 2 rings (SSSR count). The second-order valence-corrected chi connectivity index (χ2v) is 5.57. The van der Waals surface area contributed by atoms with E-state index in [4.69, 9.17) is 5.73 Å². The van der Waals surface area contributed by atoms with Gasteiger partial charge in [-0.1, -0.05) is 13.3 Å². The van der Waals surface area contributed by atoms with Crippen LogP contribution < -0.4 is 11.1 Å².